The fraction of sp³-hybridized carbons (Fsp3) is 0.375. The lowest BCUT2D eigenvalue weighted by molar-refractivity contribution is 0.629. The van der Waals surface area contributed by atoms with E-state index in [2.05, 4.69) is 46.3 Å². The van der Waals surface area contributed by atoms with Crippen molar-refractivity contribution in [3.05, 3.63) is 56.7 Å². The molecule has 1 fully saturated rings. The van der Waals surface area contributed by atoms with Crippen molar-refractivity contribution in [3.8, 4) is 0 Å². The number of hydrogen-bond donors (Lipinski definition) is 0. The number of thiophene rings is 1. The highest BCUT2D eigenvalue weighted by Crippen LogP contribution is 2.66. The summed E-state index contributed by atoms with van der Waals surface area (Å²) in [6, 6.07) is 13.2. The van der Waals surface area contributed by atoms with E-state index in [1.165, 1.54) is 17.7 Å². The molecule has 98 valence electrons. The Morgan fingerprint density at radius 1 is 1.21 bits per heavy atom. The number of benzene rings is 1. The molecule has 2 aliphatic rings. The highest BCUT2D eigenvalue weighted by Gasteiger charge is 2.56. The van der Waals surface area contributed by atoms with Crippen LogP contribution in [0, 0.1) is 11.8 Å². The lowest BCUT2D eigenvalue weighted by atomic mass is 9.92. The van der Waals surface area contributed by atoms with E-state index in [9.17, 15) is 0 Å². The van der Waals surface area contributed by atoms with Crippen molar-refractivity contribution in [2.24, 2.45) is 11.8 Å². The SMILES string of the molecule is Clc1ccc(C(Br)C2C3CCc4ccccc4C32)s1. The lowest BCUT2D eigenvalue weighted by Gasteiger charge is -2.13. The molecule has 2 aromatic rings. The third kappa shape index (κ3) is 2.00. The summed E-state index contributed by atoms with van der Waals surface area (Å²) in [6.07, 6.45) is 2.59. The van der Waals surface area contributed by atoms with Gasteiger partial charge in [0, 0.05) is 4.88 Å². The van der Waals surface area contributed by atoms with Gasteiger partial charge in [0.05, 0.1) is 9.16 Å². The lowest BCUT2D eigenvalue weighted by Crippen LogP contribution is -2.00. The molecule has 1 heterocycles. The van der Waals surface area contributed by atoms with Crippen molar-refractivity contribution < 1.29 is 0 Å². The van der Waals surface area contributed by atoms with Crippen LogP contribution < -0.4 is 0 Å². The zero-order valence-electron chi connectivity index (χ0n) is 10.4. The van der Waals surface area contributed by atoms with E-state index in [1.807, 2.05) is 6.07 Å². The zero-order valence-corrected chi connectivity index (χ0v) is 13.5. The number of alkyl halides is 1. The molecule has 0 saturated heterocycles. The molecule has 0 bridgehead atoms. The number of halogens is 2. The average molecular weight is 354 g/mol. The fourth-order valence-corrected chi connectivity index (χ4v) is 5.94. The smallest absolute Gasteiger partial charge is 0.0931 e. The molecule has 0 radical (unpaired) electrons. The van der Waals surface area contributed by atoms with Gasteiger partial charge in [0.2, 0.25) is 0 Å². The highest BCUT2D eigenvalue weighted by molar-refractivity contribution is 9.09. The van der Waals surface area contributed by atoms with Crippen LogP contribution in [0.5, 0.6) is 0 Å². The number of aryl methyl sites for hydroxylation is 1. The molecule has 19 heavy (non-hydrogen) atoms. The third-order valence-corrected chi connectivity index (χ3v) is 7.32. The minimum Gasteiger partial charge on any atom is -0.127 e. The Morgan fingerprint density at radius 2 is 2.05 bits per heavy atom. The topological polar surface area (TPSA) is 0 Å². The fourth-order valence-electron chi connectivity index (χ4n) is 3.68. The van der Waals surface area contributed by atoms with E-state index < -0.39 is 0 Å². The van der Waals surface area contributed by atoms with Gasteiger partial charge in [-0.15, -0.1) is 11.3 Å². The monoisotopic (exact) mass is 352 g/mol. The van der Waals surface area contributed by atoms with Gasteiger partial charge in [-0.3, -0.25) is 0 Å². The molecule has 0 N–H and O–H groups in total. The van der Waals surface area contributed by atoms with Crippen LogP contribution in [0.2, 0.25) is 4.34 Å². The molecular weight excluding hydrogens is 340 g/mol. The Bertz CT molecular complexity index is 621. The molecule has 2 aliphatic carbocycles. The second-order valence-corrected chi connectivity index (χ2v) is 8.28. The predicted molar refractivity (Wildman–Crippen MR) is 85.5 cm³/mol. The van der Waals surface area contributed by atoms with Gasteiger partial charge in [0.1, 0.15) is 0 Å². The van der Waals surface area contributed by atoms with Gasteiger partial charge in [-0.2, -0.15) is 0 Å². The van der Waals surface area contributed by atoms with E-state index in [4.69, 9.17) is 11.6 Å². The second-order valence-electron chi connectivity index (χ2n) is 5.55. The molecule has 1 saturated carbocycles. The van der Waals surface area contributed by atoms with Crippen LogP contribution in [-0.4, -0.2) is 0 Å². The summed E-state index contributed by atoms with van der Waals surface area (Å²) in [5.74, 6) is 2.37. The van der Waals surface area contributed by atoms with Gasteiger partial charge >= 0.3 is 0 Å². The number of fused-ring (bicyclic) bond motifs is 3. The van der Waals surface area contributed by atoms with Crippen LogP contribution in [-0.2, 0) is 6.42 Å². The first kappa shape index (κ1) is 12.4. The minimum atomic E-state index is 0.464. The van der Waals surface area contributed by atoms with Gasteiger partial charge in [-0.05, 0) is 53.9 Å². The maximum atomic E-state index is 6.06. The summed E-state index contributed by atoms with van der Waals surface area (Å²) in [6.45, 7) is 0. The maximum Gasteiger partial charge on any atom is 0.0931 e. The maximum absolute atomic E-state index is 6.06. The Labute approximate surface area is 130 Å². The first-order valence-electron chi connectivity index (χ1n) is 6.73. The van der Waals surface area contributed by atoms with Crippen LogP contribution in [0.25, 0.3) is 0 Å². The van der Waals surface area contributed by atoms with Crippen LogP contribution in [0.1, 0.15) is 33.2 Å². The Kier molecular flexibility index (Phi) is 3.02. The standard InChI is InChI=1S/C16H14BrClS/c17-16(12-7-8-13(18)19-12)15-11-6-5-9-3-1-2-4-10(9)14(11)15/h1-4,7-8,11,14-16H,5-6H2. The quantitative estimate of drug-likeness (QED) is 0.597. The molecule has 0 amide bonds. The van der Waals surface area contributed by atoms with Gasteiger partial charge in [-0.25, -0.2) is 0 Å². The van der Waals surface area contributed by atoms with E-state index in [-0.39, 0.29) is 0 Å². The Balaban J connectivity index is 1.63. The first-order chi connectivity index (χ1) is 9.25. The molecule has 0 aliphatic heterocycles. The summed E-state index contributed by atoms with van der Waals surface area (Å²) in [5, 5.41) is 0. The molecule has 1 aromatic carbocycles. The van der Waals surface area contributed by atoms with Crippen molar-refractivity contribution in [2.75, 3.05) is 0 Å². The van der Waals surface area contributed by atoms with E-state index in [1.54, 1.807) is 22.5 Å². The molecule has 0 spiro atoms. The highest BCUT2D eigenvalue weighted by atomic mass is 79.9. The molecule has 0 nitrogen and oxygen atoms in total. The van der Waals surface area contributed by atoms with Gasteiger partial charge in [0.15, 0.2) is 0 Å². The van der Waals surface area contributed by atoms with Crippen molar-refractivity contribution >= 4 is 38.9 Å². The minimum absolute atomic E-state index is 0.464. The summed E-state index contributed by atoms with van der Waals surface area (Å²) >= 11 is 11.7. The molecule has 4 atom stereocenters. The van der Waals surface area contributed by atoms with Crippen molar-refractivity contribution in [1.82, 2.24) is 0 Å². The largest absolute Gasteiger partial charge is 0.127 e. The van der Waals surface area contributed by atoms with E-state index >= 15 is 0 Å². The molecule has 1 aromatic heterocycles. The van der Waals surface area contributed by atoms with Gasteiger partial charge < -0.3 is 0 Å². The molecule has 4 unspecified atom stereocenters. The van der Waals surface area contributed by atoms with Crippen molar-refractivity contribution in [2.45, 2.75) is 23.6 Å². The second kappa shape index (κ2) is 4.61. The van der Waals surface area contributed by atoms with Gasteiger partial charge in [-0.1, -0.05) is 51.8 Å². The number of hydrogen-bond acceptors (Lipinski definition) is 1. The summed E-state index contributed by atoms with van der Waals surface area (Å²) in [5.41, 5.74) is 3.16. The first-order valence-corrected chi connectivity index (χ1v) is 8.84. The van der Waals surface area contributed by atoms with Crippen molar-refractivity contribution in [1.29, 1.82) is 0 Å². The molecule has 4 rings (SSSR count). The van der Waals surface area contributed by atoms with Crippen LogP contribution in [0.3, 0.4) is 0 Å². The summed E-state index contributed by atoms with van der Waals surface area (Å²) < 4.78 is 0.892. The Morgan fingerprint density at radius 3 is 2.84 bits per heavy atom. The zero-order chi connectivity index (χ0) is 13.0. The van der Waals surface area contributed by atoms with Gasteiger partial charge in [0.25, 0.3) is 0 Å². The number of rotatable bonds is 2. The average Bonchev–Trinajstić information content (AvgIpc) is 3.03. The van der Waals surface area contributed by atoms with Crippen LogP contribution in [0.4, 0.5) is 0 Å². The molecule has 3 heteroatoms. The third-order valence-electron chi connectivity index (χ3n) is 4.59. The van der Waals surface area contributed by atoms with Crippen LogP contribution >= 0.6 is 38.9 Å². The summed E-state index contributed by atoms with van der Waals surface area (Å²) in [7, 11) is 0. The summed E-state index contributed by atoms with van der Waals surface area (Å²) in [4.78, 5) is 1.84. The normalized spacial score (nSPS) is 29.5. The molecular formula is C16H14BrClS. The predicted octanol–water partition coefficient (Wildman–Crippen LogP) is 5.81. The van der Waals surface area contributed by atoms with E-state index in [0.29, 0.717) is 4.83 Å². The van der Waals surface area contributed by atoms with E-state index in [0.717, 1.165) is 22.1 Å². The Hall–Kier alpha value is -0.310. The van der Waals surface area contributed by atoms with Crippen LogP contribution in [0.15, 0.2) is 36.4 Å². The van der Waals surface area contributed by atoms with Crippen molar-refractivity contribution in [3.63, 3.8) is 0 Å².